The number of nitrogens with zero attached hydrogens (tertiary/aromatic N) is 1. The van der Waals surface area contributed by atoms with E-state index in [4.69, 9.17) is 4.74 Å². The van der Waals surface area contributed by atoms with E-state index in [1.165, 1.54) is 54.5 Å². The monoisotopic (exact) mass is 568 g/mol. The fraction of sp³-hybridized carbons (Fsp3) is 0.424. The van der Waals surface area contributed by atoms with E-state index >= 15 is 0 Å². The van der Waals surface area contributed by atoms with Gasteiger partial charge in [-0.15, -0.1) is 24.8 Å². The van der Waals surface area contributed by atoms with Crippen molar-refractivity contribution in [3.63, 3.8) is 0 Å². The summed E-state index contributed by atoms with van der Waals surface area (Å²) >= 11 is 0. The Bertz CT molecular complexity index is 1140. The van der Waals surface area contributed by atoms with Crippen molar-refractivity contribution in [1.82, 2.24) is 10.2 Å². The largest absolute Gasteiger partial charge is 0.497 e. The fourth-order valence-corrected chi connectivity index (χ4v) is 6.98. The molecule has 2 aliphatic rings. The molecule has 1 N–H and O–H groups in total. The van der Waals surface area contributed by atoms with Gasteiger partial charge in [-0.05, 0) is 92.4 Å². The van der Waals surface area contributed by atoms with E-state index in [0.29, 0.717) is 6.54 Å². The first-order valence-corrected chi connectivity index (χ1v) is 13.9. The van der Waals surface area contributed by atoms with Crippen LogP contribution in [0.4, 0.5) is 0 Å². The predicted molar refractivity (Wildman–Crippen MR) is 165 cm³/mol. The van der Waals surface area contributed by atoms with Gasteiger partial charge in [-0.1, -0.05) is 73.2 Å². The molecule has 1 fully saturated rings. The smallest absolute Gasteiger partial charge is 0.207 e. The Morgan fingerprint density at radius 2 is 1.62 bits per heavy atom. The highest BCUT2D eigenvalue weighted by Crippen LogP contribution is 2.42. The number of carbonyl (C=O) groups is 1. The number of halogens is 2. The van der Waals surface area contributed by atoms with Crippen LogP contribution in [0.15, 0.2) is 78.9 Å². The van der Waals surface area contributed by atoms with Crippen molar-refractivity contribution in [3.8, 4) is 5.75 Å². The number of ether oxygens (including phenoxy) is 1. The van der Waals surface area contributed by atoms with E-state index in [-0.39, 0.29) is 35.8 Å². The van der Waals surface area contributed by atoms with Gasteiger partial charge in [-0.2, -0.15) is 0 Å². The summed E-state index contributed by atoms with van der Waals surface area (Å²) in [6.45, 7) is 2.88. The molecule has 0 aromatic heterocycles. The summed E-state index contributed by atoms with van der Waals surface area (Å²) in [6, 6.07) is 28.1. The molecule has 0 bridgehead atoms. The first-order valence-electron chi connectivity index (χ1n) is 13.9. The van der Waals surface area contributed by atoms with Gasteiger partial charge in [-0.3, -0.25) is 9.69 Å². The Morgan fingerprint density at radius 1 is 0.923 bits per heavy atom. The van der Waals surface area contributed by atoms with Gasteiger partial charge in [0.15, 0.2) is 0 Å². The molecule has 0 radical (unpaired) electrons. The van der Waals surface area contributed by atoms with Crippen LogP contribution in [0.25, 0.3) is 0 Å². The third kappa shape index (κ3) is 6.62. The zero-order valence-corrected chi connectivity index (χ0v) is 24.6. The van der Waals surface area contributed by atoms with E-state index in [0.717, 1.165) is 44.4 Å². The average molecular weight is 570 g/mol. The maximum atomic E-state index is 11.5. The quantitative estimate of drug-likeness (QED) is 0.274. The Labute approximate surface area is 246 Å². The minimum absolute atomic E-state index is 0. The van der Waals surface area contributed by atoms with Gasteiger partial charge in [0.25, 0.3) is 0 Å². The Balaban J connectivity index is 0.00000210. The third-order valence-electron chi connectivity index (χ3n) is 8.96. The number of carbonyl (C=O) groups excluding carboxylic acids is 1. The summed E-state index contributed by atoms with van der Waals surface area (Å²) in [5.41, 5.74) is 5.51. The maximum absolute atomic E-state index is 11.5. The molecular weight excluding hydrogens is 527 g/mol. The highest BCUT2D eigenvalue weighted by Gasteiger charge is 2.41. The molecule has 1 unspecified atom stereocenters. The molecule has 1 heterocycles. The van der Waals surface area contributed by atoms with Crippen molar-refractivity contribution < 1.29 is 9.53 Å². The molecule has 0 saturated carbocycles. The van der Waals surface area contributed by atoms with Crippen LogP contribution in [0.5, 0.6) is 5.75 Å². The van der Waals surface area contributed by atoms with Gasteiger partial charge >= 0.3 is 0 Å². The molecule has 5 rings (SSSR count). The molecule has 1 aliphatic heterocycles. The number of methoxy groups -OCH3 is 1. The normalized spacial score (nSPS) is 18.8. The minimum Gasteiger partial charge on any atom is -0.497 e. The SMILES string of the molecule is COc1ccc2c(c1)CCC1(CCCCN1CCCC(CNC=O)(c1ccccc1)c1ccccc1)C2.Cl.Cl. The highest BCUT2D eigenvalue weighted by atomic mass is 35.5. The lowest BCUT2D eigenvalue weighted by atomic mass is 9.70. The number of rotatable bonds is 10. The second kappa shape index (κ2) is 14.2. The molecular formula is C33H42Cl2N2O2. The summed E-state index contributed by atoms with van der Waals surface area (Å²) in [6.07, 6.45) is 10.3. The fourth-order valence-electron chi connectivity index (χ4n) is 6.98. The zero-order chi connectivity index (χ0) is 25.6. The molecule has 3 aromatic carbocycles. The Morgan fingerprint density at radius 3 is 2.26 bits per heavy atom. The van der Waals surface area contributed by atoms with Gasteiger partial charge in [0, 0.05) is 17.5 Å². The predicted octanol–water partition coefficient (Wildman–Crippen LogP) is 6.76. The van der Waals surface area contributed by atoms with Crippen LogP contribution < -0.4 is 10.1 Å². The minimum atomic E-state index is -0.248. The van der Waals surface area contributed by atoms with Gasteiger partial charge < -0.3 is 10.1 Å². The van der Waals surface area contributed by atoms with Gasteiger partial charge in [-0.25, -0.2) is 0 Å². The molecule has 1 saturated heterocycles. The molecule has 1 amide bonds. The van der Waals surface area contributed by atoms with Crippen LogP contribution in [-0.2, 0) is 23.1 Å². The van der Waals surface area contributed by atoms with Crippen LogP contribution in [-0.4, -0.2) is 43.6 Å². The van der Waals surface area contributed by atoms with Crippen molar-refractivity contribution in [1.29, 1.82) is 0 Å². The molecule has 6 heteroatoms. The van der Waals surface area contributed by atoms with Crippen LogP contribution in [0.3, 0.4) is 0 Å². The van der Waals surface area contributed by atoms with Crippen LogP contribution in [0.2, 0.25) is 0 Å². The number of piperidine rings is 1. The van der Waals surface area contributed by atoms with Crippen molar-refractivity contribution in [2.24, 2.45) is 0 Å². The number of fused-ring (bicyclic) bond motifs is 1. The van der Waals surface area contributed by atoms with Crippen molar-refractivity contribution >= 4 is 31.2 Å². The molecule has 39 heavy (non-hydrogen) atoms. The number of likely N-dealkylation sites (tertiary alicyclic amines) is 1. The standard InChI is InChI=1S/C33H40N2O2.2ClH/c1-37-31-16-15-28-24-32(20-17-27(28)23-31)18-8-9-21-35(32)22-10-19-33(25-34-26-36,29-11-4-2-5-12-29)30-13-6-3-7-14-30;;/h2-7,11-16,23,26H,8-10,17-22,24-25H2,1H3,(H,34,36);2*1H. The summed E-state index contributed by atoms with van der Waals surface area (Å²) in [4.78, 5) is 14.3. The summed E-state index contributed by atoms with van der Waals surface area (Å²) in [5, 5.41) is 3.05. The first kappa shape index (κ1) is 31.0. The zero-order valence-electron chi connectivity index (χ0n) is 22.9. The number of hydrogen-bond donors (Lipinski definition) is 1. The van der Waals surface area contributed by atoms with Crippen molar-refractivity contribution in [3.05, 3.63) is 101 Å². The summed E-state index contributed by atoms with van der Waals surface area (Å²) in [7, 11) is 1.75. The van der Waals surface area contributed by atoms with Crippen molar-refractivity contribution in [2.45, 2.75) is 62.3 Å². The number of aryl methyl sites for hydroxylation is 1. The topological polar surface area (TPSA) is 41.6 Å². The van der Waals surface area contributed by atoms with E-state index in [9.17, 15) is 4.79 Å². The highest BCUT2D eigenvalue weighted by molar-refractivity contribution is 5.85. The van der Waals surface area contributed by atoms with Gasteiger partial charge in [0.1, 0.15) is 5.75 Å². The first-order chi connectivity index (χ1) is 18.2. The summed E-state index contributed by atoms with van der Waals surface area (Å²) < 4.78 is 5.49. The molecule has 210 valence electrons. The second-order valence-corrected chi connectivity index (χ2v) is 10.9. The Hall–Kier alpha value is -2.53. The van der Waals surface area contributed by atoms with Crippen molar-refractivity contribution in [2.75, 3.05) is 26.7 Å². The van der Waals surface area contributed by atoms with Crippen LogP contribution in [0, 0.1) is 0 Å². The lowest BCUT2D eigenvalue weighted by Crippen LogP contribution is -2.55. The second-order valence-electron chi connectivity index (χ2n) is 10.9. The lowest BCUT2D eigenvalue weighted by Gasteiger charge is -2.50. The average Bonchev–Trinajstić information content (AvgIpc) is 2.96. The number of nitrogens with one attached hydrogen (secondary N) is 1. The van der Waals surface area contributed by atoms with Crippen LogP contribution >= 0.6 is 24.8 Å². The van der Waals surface area contributed by atoms with Gasteiger partial charge in [0.2, 0.25) is 6.41 Å². The lowest BCUT2D eigenvalue weighted by molar-refractivity contribution is -0.109. The maximum Gasteiger partial charge on any atom is 0.207 e. The third-order valence-corrected chi connectivity index (χ3v) is 8.96. The Kier molecular flexibility index (Phi) is 11.3. The van der Waals surface area contributed by atoms with E-state index in [1.54, 1.807) is 7.11 Å². The van der Waals surface area contributed by atoms with E-state index in [2.05, 4.69) is 89.1 Å². The van der Waals surface area contributed by atoms with Crippen LogP contribution in [0.1, 0.15) is 60.8 Å². The van der Waals surface area contributed by atoms with E-state index in [1.807, 2.05) is 0 Å². The molecule has 4 nitrogen and oxygen atoms in total. The van der Waals surface area contributed by atoms with Gasteiger partial charge in [0.05, 0.1) is 7.11 Å². The molecule has 3 aromatic rings. The molecule has 1 spiro atoms. The number of hydrogen-bond acceptors (Lipinski definition) is 3. The molecule has 1 atom stereocenters. The number of amides is 1. The number of benzene rings is 3. The molecule has 1 aliphatic carbocycles. The summed E-state index contributed by atoms with van der Waals surface area (Å²) in [5.74, 6) is 0.970. The van der Waals surface area contributed by atoms with E-state index < -0.39 is 0 Å².